The lowest BCUT2D eigenvalue weighted by Crippen LogP contribution is -2.49. The largest absolute Gasteiger partial charge is 0.383 e. The fraction of sp³-hybridized carbons (Fsp3) is 0.400. The molecule has 2 aromatic rings. The molecule has 4 N–H and O–H groups in total. The molecule has 224 valence electrons. The zero-order valence-corrected chi connectivity index (χ0v) is 25.1. The van der Waals surface area contributed by atoms with E-state index in [4.69, 9.17) is 26.6 Å². The molecule has 16 heteroatoms. The van der Waals surface area contributed by atoms with E-state index in [1.165, 1.54) is 16.4 Å². The van der Waals surface area contributed by atoms with E-state index >= 15 is 0 Å². The van der Waals surface area contributed by atoms with Gasteiger partial charge in [0.15, 0.2) is 0 Å². The zero-order valence-electron chi connectivity index (χ0n) is 22.7. The highest BCUT2D eigenvalue weighted by Crippen LogP contribution is 2.29. The summed E-state index contributed by atoms with van der Waals surface area (Å²) in [7, 11) is -6.42. The van der Waals surface area contributed by atoms with Crippen molar-refractivity contribution in [2.45, 2.75) is 12.8 Å². The van der Waals surface area contributed by atoms with Gasteiger partial charge in [-0.2, -0.15) is 17.8 Å². The van der Waals surface area contributed by atoms with Crippen LogP contribution < -0.4 is 15.2 Å². The normalized spacial score (nSPS) is 16.1. The Morgan fingerprint density at radius 1 is 1.17 bits per heavy atom. The first-order valence-corrected chi connectivity index (χ1v) is 16.2. The molecule has 1 heterocycles. The fourth-order valence-electron chi connectivity index (χ4n) is 3.99. The van der Waals surface area contributed by atoms with Gasteiger partial charge in [0.2, 0.25) is 21.9 Å². The molecular weight excluding hydrogens is 594 g/mol. The molecule has 0 aliphatic carbocycles. The third kappa shape index (κ3) is 9.76. The minimum atomic E-state index is -4.12. The van der Waals surface area contributed by atoms with E-state index in [2.05, 4.69) is 15.0 Å². The topological polar surface area (TPSA) is 176 Å². The first-order chi connectivity index (χ1) is 19.4. The second kappa shape index (κ2) is 14.7. The van der Waals surface area contributed by atoms with Gasteiger partial charge in [-0.25, -0.2) is 28.3 Å². The van der Waals surface area contributed by atoms with Gasteiger partial charge < -0.3 is 10.1 Å². The molecule has 0 fully saturated rings. The predicted molar refractivity (Wildman–Crippen MR) is 158 cm³/mol. The Morgan fingerprint density at radius 3 is 2.46 bits per heavy atom. The molecule has 0 radical (unpaired) electrons. The monoisotopic (exact) mass is 627 g/mol. The number of benzene rings is 2. The van der Waals surface area contributed by atoms with E-state index in [1.54, 1.807) is 19.1 Å². The number of carbonyl (C=O) groups is 1. The molecule has 0 aromatic heterocycles. The summed E-state index contributed by atoms with van der Waals surface area (Å²) in [6.07, 6.45) is 0. The molecular formula is C25H34ClN7O6S2. The van der Waals surface area contributed by atoms with Crippen LogP contribution >= 0.6 is 11.6 Å². The van der Waals surface area contributed by atoms with Gasteiger partial charge in [0.25, 0.3) is 0 Å². The van der Waals surface area contributed by atoms with Crippen LogP contribution in [0.1, 0.15) is 24.0 Å². The number of nitrogens with two attached hydrogens (primary N) is 1. The van der Waals surface area contributed by atoms with Crippen LogP contribution in [0, 0.1) is 0 Å². The van der Waals surface area contributed by atoms with Crippen LogP contribution in [0.2, 0.25) is 5.02 Å². The third-order valence-corrected chi connectivity index (χ3v) is 8.63. The minimum Gasteiger partial charge on any atom is -0.383 e. The Bertz CT molecular complexity index is 1450. The summed E-state index contributed by atoms with van der Waals surface area (Å²) in [5.41, 5.74) is 2.38. The van der Waals surface area contributed by atoms with Gasteiger partial charge in [-0.3, -0.25) is 4.79 Å². The minimum absolute atomic E-state index is 0.0929. The van der Waals surface area contributed by atoms with Gasteiger partial charge in [-0.05, 0) is 23.3 Å². The van der Waals surface area contributed by atoms with Crippen molar-refractivity contribution in [1.29, 1.82) is 0 Å². The molecule has 0 saturated carbocycles. The van der Waals surface area contributed by atoms with Crippen molar-refractivity contribution in [2.75, 3.05) is 52.2 Å². The standard InChI is InChI=1S/C25H34ClN7O6S2/c1-3-32(14-15-39-2)41(37,38)31-25(29-17-23(34)28-13-16-40(27,35)36)33-18-22(19-7-5-4-6-8-19)24(30-33)20-9-11-21(26)12-10-20/h4-12,22H,3,13-18H2,1-2H3,(H,28,34)(H,29,31)(H2,27,35,36). The summed E-state index contributed by atoms with van der Waals surface area (Å²) in [6.45, 7) is 1.62. The van der Waals surface area contributed by atoms with Gasteiger partial charge in [0.1, 0.15) is 6.54 Å². The van der Waals surface area contributed by atoms with Crippen molar-refractivity contribution < 1.29 is 26.4 Å². The van der Waals surface area contributed by atoms with Crippen LogP contribution in [0.5, 0.6) is 0 Å². The number of rotatable bonds is 13. The third-order valence-electron chi connectivity index (χ3n) is 6.04. The number of nitrogens with one attached hydrogen (secondary N) is 2. The number of amides is 1. The highest BCUT2D eigenvalue weighted by molar-refractivity contribution is 7.89. The SMILES string of the molecule is CCN(CCOC)S(=O)(=O)NC(=NCC(=O)NCCS(N)(=O)=O)N1CC(c2ccccc2)C(c2ccc(Cl)cc2)=N1. The highest BCUT2D eigenvalue weighted by atomic mass is 35.5. The molecule has 13 nitrogen and oxygen atoms in total. The number of sulfonamides is 1. The molecule has 2 aromatic carbocycles. The molecule has 1 atom stereocenters. The first-order valence-electron chi connectivity index (χ1n) is 12.7. The number of methoxy groups -OCH3 is 1. The Labute approximate surface area is 245 Å². The van der Waals surface area contributed by atoms with Gasteiger partial charge in [0, 0.05) is 37.7 Å². The van der Waals surface area contributed by atoms with Crippen LogP contribution in [0.4, 0.5) is 0 Å². The first kappa shape index (κ1) is 32.4. The Hall–Kier alpha value is -3.08. The summed E-state index contributed by atoms with van der Waals surface area (Å²) in [6, 6.07) is 16.7. The number of hydrazone groups is 1. The number of ether oxygens (including phenoxy) is 1. The number of nitrogens with zero attached hydrogens (tertiary/aromatic N) is 4. The molecule has 1 unspecified atom stereocenters. The van der Waals surface area contributed by atoms with E-state index in [0.717, 1.165) is 11.1 Å². The van der Waals surface area contributed by atoms with Gasteiger partial charge in [-0.1, -0.05) is 61.0 Å². The maximum atomic E-state index is 13.3. The molecule has 0 spiro atoms. The van der Waals surface area contributed by atoms with E-state index in [0.29, 0.717) is 10.7 Å². The van der Waals surface area contributed by atoms with Crippen molar-refractivity contribution in [1.82, 2.24) is 19.4 Å². The lowest BCUT2D eigenvalue weighted by atomic mass is 9.91. The Balaban J connectivity index is 1.96. The molecule has 0 bridgehead atoms. The number of hydrogen-bond acceptors (Lipinski definition) is 8. The number of aliphatic imine (C=N–C) groups is 1. The average molecular weight is 628 g/mol. The van der Waals surface area contributed by atoms with Crippen LogP contribution in [-0.2, 0) is 29.8 Å². The lowest BCUT2D eigenvalue weighted by molar-refractivity contribution is -0.119. The molecule has 1 aliphatic heterocycles. The lowest BCUT2D eigenvalue weighted by Gasteiger charge is -2.24. The van der Waals surface area contributed by atoms with Gasteiger partial charge >= 0.3 is 10.2 Å². The van der Waals surface area contributed by atoms with E-state index in [1.807, 2.05) is 42.5 Å². The molecule has 41 heavy (non-hydrogen) atoms. The molecule has 3 rings (SSSR count). The number of guanidine groups is 1. The maximum absolute atomic E-state index is 13.3. The Morgan fingerprint density at radius 2 is 1.85 bits per heavy atom. The van der Waals surface area contributed by atoms with Crippen LogP contribution in [0.3, 0.4) is 0 Å². The second-order valence-corrected chi connectivity index (χ2v) is 12.8. The Kier molecular flexibility index (Phi) is 11.6. The van der Waals surface area contributed by atoms with E-state index < -0.39 is 38.4 Å². The summed E-state index contributed by atoms with van der Waals surface area (Å²) in [5.74, 6) is -1.51. The van der Waals surface area contributed by atoms with E-state index in [9.17, 15) is 21.6 Å². The van der Waals surface area contributed by atoms with Crippen molar-refractivity contribution in [3.05, 3.63) is 70.7 Å². The molecule has 1 aliphatic rings. The fourth-order valence-corrected chi connectivity index (χ4v) is 5.68. The number of hydrogen-bond donors (Lipinski definition) is 3. The van der Waals surface area contributed by atoms with Crippen molar-refractivity contribution >= 4 is 49.4 Å². The summed E-state index contributed by atoms with van der Waals surface area (Å²) in [4.78, 5) is 16.7. The van der Waals surface area contributed by atoms with Crippen molar-refractivity contribution in [3.8, 4) is 0 Å². The van der Waals surface area contributed by atoms with Crippen LogP contribution in [0.25, 0.3) is 0 Å². The van der Waals surface area contributed by atoms with Gasteiger partial charge in [-0.15, -0.1) is 0 Å². The molecule has 0 saturated heterocycles. The number of primary sulfonamides is 1. The average Bonchev–Trinajstić information content (AvgIpc) is 3.37. The van der Waals surface area contributed by atoms with Crippen LogP contribution in [0.15, 0.2) is 64.7 Å². The predicted octanol–water partition coefficient (Wildman–Crippen LogP) is 0.707. The van der Waals surface area contributed by atoms with Gasteiger partial charge in [0.05, 0.1) is 24.6 Å². The quantitative estimate of drug-likeness (QED) is 0.216. The zero-order chi connectivity index (χ0) is 30.0. The summed E-state index contributed by atoms with van der Waals surface area (Å²) >= 11 is 6.10. The van der Waals surface area contributed by atoms with Crippen molar-refractivity contribution in [3.63, 3.8) is 0 Å². The second-order valence-electron chi connectivity index (χ2n) is 8.99. The number of carbonyl (C=O) groups excluding carboxylic acids is 1. The van der Waals surface area contributed by atoms with Crippen molar-refractivity contribution in [2.24, 2.45) is 15.2 Å². The van der Waals surface area contributed by atoms with E-state index in [-0.39, 0.29) is 44.7 Å². The van der Waals surface area contributed by atoms with Crippen LogP contribution in [-0.4, -0.2) is 95.9 Å². The molecule has 1 amide bonds. The smallest absolute Gasteiger partial charge is 0.304 e. The maximum Gasteiger partial charge on any atom is 0.304 e. The summed E-state index contributed by atoms with van der Waals surface area (Å²) in [5, 5.41) is 14.1. The number of halogens is 1. The highest BCUT2D eigenvalue weighted by Gasteiger charge is 2.34. The number of likely N-dealkylation sites (N-methyl/N-ethyl adjacent to an activating group) is 1. The summed E-state index contributed by atoms with van der Waals surface area (Å²) < 4.78 is 57.7.